The number of likely N-dealkylation sites (tertiary alicyclic amines) is 1. The zero-order valence-corrected chi connectivity index (χ0v) is 27.5. The van der Waals surface area contributed by atoms with Gasteiger partial charge in [0.25, 0.3) is 5.69 Å². The number of fused-ring (bicyclic) bond motifs is 2. The molecular formula is C34H41FN4O6S. The molecule has 2 heterocycles. The Balaban J connectivity index is 1.27. The summed E-state index contributed by atoms with van der Waals surface area (Å²) < 4.78 is 48.2. The fraction of sp³-hybridized carbons (Fsp3) is 0.441. The number of carbonyl (C=O) groups is 1. The number of ether oxygens (including phenoxy) is 1. The summed E-state index contributed by atoms with van der Waals surface area (Å²) >= 11 is 0. The molecule has 3 aromatic carbocycles. The fourth-order valence-corrected chi connectivity index (χ4v) is 7.72. The van der Waals surface area contributed by atoms with Gasteiger partial charge in [0, 0.05) is 37.7 Å². The molecular weight excluding hydrogens is 611 g/mol. The molecule has 1 amide bonds. The molecule has 1 unspecified atom stereocenters. The second-order valence-corrected chi connectivity index (χ2v) is 15.3. The number of amides is 1. The number of nitro groups is 1. The number of likely N-dealkylation sites (N-methyl/N-ethyl adjacent to an activating group) is 1. The number of sulfonamides is 1. The van der Waals surface area contributed by atoms with Gasteiger partial charge in [0.15, 0.2) is 0 Å². The number of rotatable bonds is 9. The van der Waals surface area contributed by atoms with E-state index in [4.69, 9.17) is 4.74 Å². The van der Waals surface area contributed by atoms with Crippen LogP contribution >= 0.6 is 0 Å². The van der Waals surface area contributed by atoms with Crippen molar-refractivity contribution in [3.8, 4) is 0 Å². The van der Waals surface area contributed by atoms with E-state index < -0.39 is 26.6 Å². The van der Waals surface area contributed by atoms with Crippen molar-refractivity contribution in [2.75, 3.05) is 44.7 Å². The van der Waals surface area contributed by atoms with Gasteiger partial charge in [-0.05, 0) is 107 Å². The minimum absolute atomic E-state index is 0.00227. The molecule has 12 heteroatoms. The number of anilines is 1. The number of hydrogen-bond donors (Lipinski definition) is 0. The Morgan fingerprint density at radius 2 is 1.72 bits per heavy atom. The number of hydrogen-bond acceptors (Lipinski definition) is 7. The summed E-state index contributed by atoms with van der Waals surface area (Å²) in [7, 11) is -2.34. The standard InChI is InChI=1S/C34H41FN4O6S/c1-33(2,3)45-32(40)38-24-34(30-22-27(35)10-15-31(30)38)17-20-37(21-18-34)19-16-26(25-8-6-5-7-9-25)23-36(4)46(43,44)29-13-11-28(12-14-29)39(41)42/h5-15,22,26H,16-21,23-24H2,1-4H3. The monoisotopic (exact) mass is 652 g/mol. The van der Waals surface area contributed by atoms with Crippen molar-refractivity contribution in [2.24, 2.45) is 0 Å². The molecule has 0 N–H and O–H groups in total. The van der Waals surface area contributed by atoms with Gasteiger partial charge in [-0.15, -0.1) is 0 Å². The van der Waals surface area contributed by atoms with E-state index in [1.54, 1.807) is 17.0 Å². The largest absolute Gasteiger partial charge is 0.443 e. The number of carbonyl (C=O) groups excluding carboxylic acids is 1. The number of non-ortho nitro benzene ring substituents is 1. The molecule has 0 radical (unpaired) electrons. The minimum atomic E-state index is -3.87. The number of piperidine rings is 1. The Morgan fingerprint density at radius 1 is 1.07 bits per heavy atom. The summed E-state index contributed by atoms with van der Waals surface area (Å²) in [5.41, 5.74) is 1.37. The second-order valence-electron chi connectivity index (χ2n) is 13.3. The third-order valence-electron chi connectivity index (χ3n) is 9.01. The molecule has 1 spiro atoms. The van der Waals surface area contributed by atoms with E-state index in [1.165, 1.54) is 41.7 Å². The van der Waals surface area contributed by atoms with Crippen molar-refractivity contribution < 1.29 is 27.3 Å². The SMILES string of the molecule is CN(CC(CCN1CCC2(CC1)CN(C(=O)OC(C)(C)C)c1ccc(F)cc12)c1ccccc1)S(=O)(=O)c1ccc([N+](=O)[O-])cc1. The number of nitro benzene ring substituents is 1. The summed E-state index contributed by atoms with van der Waals surface area (Å²) in [4.78, 5) is 27.6. The van der Waals surface area contributed by atoms with Gasteiger partial charge in [-0.2, -0.15) is 0 Å². The summed E-state index contributed by atoms with van der Waals surface area (Å²) in [6, 6.07) is 19.3. The lowest BCUT2D eigenvalue weighted by molar-refractivity contribution is -0.384. The maximum absolute atomic E-state index is 14.5. The lowest BCUT2D eigenvalue weighted by atomic mass is 9.74. The summed E-state index contributed by atoms with van der Waals surface area (Å²) in [5.74, 6) is -0.427. The quantitative estimate of drug-likeness (QED) is 0.196. The van der Waals surface area contributed by atoms with Crippen LogP contribution < -0.4 is 4.90 Å². The normalized spacial score (nSPS) is 17.2. The maximum atomic E-state index is 14.5. The van der Waals surface area contributed by atoms with Crippen LogP contribution in [0, 0.1) is 15.9 Å². The Bertz CT molecular complexity index is 1670. The molecule has 1 fully saturated rings. The second kappa shape index (κ2) is 13.1. The van der Waals surface area contributed by atoms with Crippen molar-refractivity contribution in [1.82, 2.24) is 9.21 Å². The molecule has 1 atom stereocenters. The number of nitrogens with zero attached hydrogens (tertiary/aromatic N) is 4. The first-order valence-electron chi connectivity index (χ1n) is 15.5. The van der Waals surface area contributed by atoms with Crippen LogP contribution in [0.5, 0.6) is 0 Å². The predicted molar refractivity (Wildman–Crippen MR) is 174 cm³/mol. The lowest BCUT2D eigenvalue weighted by Crippen LogP contribution is -2.47. The van der Waals surface area contributed by atoms with Crippen LogP contribution in [0.3, 0.4) is 0 Å². The zero-order valence-electron chi connectivity index (χ0n) is 26.7. The molecule has 2 aliphatic rings. The molecule has 46 heavy (non-hydrogen) atoms. The van der Waals surface area contributed by atoms with Crippen LogP contribution in [0.4, 0.5) is 20.6 Å². The third kappa shape index (κ3) is 7.24. The van der Waals surface area contributed by atoms with Crippen molar-refractivity contribution in [3.63, 3.8) is 0 Å². The first-order chi connectivity index (χ1) is 21.7. The molecule has 5 rings (SSSR count). The molecule has 1 saturated heterocycles. The van der Waals surface area contributed by atoms with Gasteiger partial charge < -0.3 is 9.64 Å². The highest BCUT2D eigenvalue weighted by Gasteiger charge is 2.47. The van der Waals surface area contributed by atoms with E-state index in [0.717, 1.165) is 43.6 Å². The van der Waals surface area contributed by atoms with Gasteiger partial charge in [-0.25, -0.2) is 21.9 Å². The van der Waals surface area contributed by atoms with Crippen LogP contribution in [0.2, 0.25) is 0 Å². The van der Waals surface area contributed by atoms with Crippen molar-refractivity contribution in [1.29, 1.82) is 0 Å². The van der Waals surface area contributed by atoms with E-state index >= 15 is 0 Å². The molecule has 2 aliphatic heterocycles. The number of benzene rings is 3. The summed E-state index contributed by atoms with van der Waals surface area (Å²) in [5, 5.41) is 11.0. The van der Waals surface area contributed by atoms with E-state index in [-0.39, 0.29) is 34.3 Å². The average molecular weight is 653 g/mol. The molecule has 0 saturated carbocycles. The van der Waals surface area contributed by atoms with Gasteiger partial charge in [0.1, 0.15) is 11.4 Å². The Kier molecular flexibility index (Phi) is 9.53. The molecule has 246 valence electrons. The zero-order chi connectivity index (χ0) is 33.3. The van der Waals surface area contributed by atoms with Gasteiger partial charge >= 0.3 is 6.09 Å². The van der Waals surface area contributed by atoms with Crippen molar-refractivity contribution in [3.05, 3.63) is 99.9 Å². The first-order valence-corrected chi connectivity index (χ1v) is 16.9. The van der Waals surface area contributed by atoms with Crippen molar-refractivity contribution in [2.45, 2.75) is 61.9 Å². The molecule has 10 nitrogen and oxygen atoms in total. The van der Waals surface area contributed by atoms with Crippen LogP contribution in [0.1, 0.15) is 57.1 Å². The van der Waals surface area contributed by atoms with Gasteiger partial charge in [-0.3, -0.25) is 15.0 Å². The van der Waals surface area contributed by atoms with Crippen molar-refractivity contribution >= 4 is 27.5 Å². The van der Waals surface area contributed by atoms with E-state index in [2.05, 4.69) is 4.90 Å². The van der Waals surface area contributed by atoms with Crippen LogP contribution in [0.25, 0.3) is 0 Å². The fourth-order valence-electron chi connectivity index (χ4n) is 6.51. The highest BCUT2D eigenvalue weighted by atomic mass is 32.2. The Hall–Kier alpha value is -3.87. The van der Waals surface area contributed by atoms with Crippen LogP contribution in [-0.4, -0.2) is 74.0 Å². The van der Waals surface area contributed by atoms with E-state index in [1.807, 2.05) is 51.1 Å². The summed E-state index contributed by atoms with van der Waals surface area (Å²) in [6.07, 6.45) is 1.75. The molecule has 3 aromatic rings. The average Bonchev–Trinajstić information content (AvgIpc) is 3.32. The topological polar surface area (TPSA) is 113 Å². The van der Waals surface area contributed by atoms with Gasteiger partial charge in [0.2, 0.25) is 10.0 Å². The predicted octanol–water partition coefficient (Wildman–Crippen LogP) is 6.32. The first kappa shape index (κ1) is 33.5. The highest BCUT2D eigenvalue weighted by molar-refractivity contribution is 7.89. The van der Waals surface area contributed by atoms with Gasteiger partial charge in [0.05, 0.1) is 15.5 Å². The Labute approximate surface area is 270 Å². The van der Waals surface area contributed by atoms with E-state index in [0.29, 0.717) is 18.7 Å². The summed E-state index contributed by atoms with van der Waals surface area (Å²) in [6.45, 7) is 8.37. The molecule has 0 bridgehead atoms. The molecule has 0 aromatic heterocycles. The third-order valence-corrected chi connectivity index (χ3v) is 10.8. The lowest BCUT2D eigenvalue weighted by Gasteiger charge is -2.40. The highest BCUT2D eigenvalue weighted by Crippen LogP contribution is 2.48. The maximum Gasteiger partial charge on any atom is 0.414 e. The minimum Gasteiger partial charge on any atom is -0.443 e. The van der Waals surface area contributed by atoms with Crippen LogP contribution in [-0.2, 0) is 20.2 Å². The number of halogens is 1. The van der Waals surface area contributed by atoms with Crippen LogP contribution in [0.15, 0.2) is 77.7 Å². The Morgan fingerprint density at radius 3 is 2.33 bits per heavy atom. The smallest absolute Gasteiger partial charge is 0.414 e. The van der Waals surface area contributed by atoms with E-state index in [9.17, 15) is 27.7 Å². The van der Waals surface area contributed by atoms with Gasteiger partial charge in [-0.1, -0.05) is 30.3 Å². The molecule has 0 aliphatic carbocycles.